The zero-order valence-electron chi connectivity index (χ0n) is 14.8. The van der Waals surface area contributed by atoms with Crippen molar-refractivity contribution in [3.8, 4) is 5.75 Å². The zero-order valence-corrected chi connectivity index (χ0v) is 16.4. The van der Waals surface area contributed by atoms with Crippen LogP contribution in [0.2, 0.25) is 0 Å². The smallest absolute Gasteiger partial charge is 0.406 e. The summed E-state index contributed by atoms with van der Waals surface area (Å²) in [7, 11) is 0. The van der Waals surface area contributed by atoms with E-state index in [0.29, 0.717) is 23.6 Å². The second-order valence-electron chi connectivity index (χ2n) is 5.82. The third-order valence-corrected chi connectivity index (χ3v) is 4.14. The Labute approximate surface area is 172 Å². The summed E-state index contributed by atoms with van der Waals surface area (Å²) >= 11 is 3.41. The van der Waals surface area contributed by atoms with Gasteiger partial charge in [-0.25, -0.2) is 9.97 Å². The van der Waals surface area contributed by atoms with Gasteiger partial charge in [0.2, 0.25) is 0 Å². The predicted octanol–water partition coefficient (Wildman–Crippen LogP) is 5.08. The Morgan fingerprint density at radius 1 is 1.14 bits per heavy atom. The molecule has 0 aliphatic carbocycles. The van der Waals surface area contributed by atoms with Crippen molar-refractivity contribution in [2.24, 2.45) is 4.99 Å². The van der Waals surface area contributed by atoms with Crippen LogP contribution in [0.25, 0.3) is 0 Å². The lowest BCUT2D eigenvalue weighted by Crippen LogP contribution is -2.17. The van der Waals surface area contributed by atoms with Crippen molar-refractivity contribution >= 4 is 39.5 Å². The quantitative estimate of drug-likeness (QED) is 0.495. The monoisotopic (exact) mass is 465 g/mol. The molecule has 0 fully saturated rings. The highest BCUT2D eigenvalue weighted by Crippen LogP contribution is 2.26. The van der Waals surface area contributed by atoms with E-state index in [-0.39, 0.29) is 11.6 Å². The van der Waals surface area contributed by atoms with E-state index in [9.17, 15) is 13.2 Å². The van der Waals surface area contributed by atoms with Crippen LogP contribution in [0.4, 0.5) is 30.5 Å². The summed E-state index contributed by atoms with van der Waals surface area (Å²) in [6, 6.07) is 13.0. The van der Waals surface area contributed by atoms with Crippen molar-refractivity contribution in [2.75, 3.05) is 11.1 Å². The van der Waals surface area contributed by atoms with Gasteiger partial charge in [0.15, 0.2) is 0 Å². The topological polar surface area (TPSA) is 85.4 Å². The highest BCUT2D eigenvalue weighted by molar-refractivity contribution is 9.10. The fraction of sp³-hybridized carbons (Fsp3) is 0.105. The lowest BCUT2D eigenvalue weighted by Gasteiger charge is -2.11. The third-order valence-electron chi connectivity index (χ3n) is 3.65. The van der Waals surface area contributed by atoms with E-state index < -0.39 is 6.36 Å². The average Bonchev–Trinajstić information content (AvgIpc) is 2.64. The van der Waals surface area contributed by atoms with Gasteiger partial charge < -0.3 is 15.8 Å². The summed E-state index contributed by atoms with van der Waals surface area (Å²) in [4.78, 5) is 12.5. The van der Waals surface area contributed by atoms with Crippen LogP contribution in [0.5, 0.6) is 5.75 Å². The van der Waals surface area contributed by atoms with Crippen LogP contribution in [0.1, 0.15) is 11.1 Å². The van der Waals surface area contributed by atoms with E-state index in [1.807, 2.05) is 24.3 Å². The first-order chi connectivity index (χ1) is 13.8. The molecule has 0 bridgehead atoms. The third kappa shape index (κ3) is 6.18. The van der Waals surface area contributed by atoms with E-state index in [1.54, 1.807) is 6.21 Å². The molecule has 0 saturated carbocycles. The van der Waals surface area contributed by atoms with Gasteiger partial charge >= 0.3 is 6.36 Å². The highest BCUT2D eigenvalue weighted by atomic mass is 79.9. The molecule has 0 atom stereocenters. The lowest BCUT2D eigenvalue weighted by molar-refractivity contribution is -0.274. The Kier molecular flexibility index (Phi) is 6.32. The number of nitrogen functional groups attached to an aromatic ring is 1. The van der Waals surface area contributed by atoms with E-state index in [4.69, 9.17) is 5.73 Å². The fourth-order valence-corrected chi connectivity index (χ4v) is 2.84. The Morgan fingerprint density at radius 2 is 1.90 bits per heavy atom. The number of anilines is 3. The van der Waals surface area contributed by atoms with Crippen molar-refractivity contribution in [1.29, 1.82) is 0 Å². The Balaban J connectivity index is 1.75. The molecule has 0 saturated heterocycles. The molecule has 3 aromatic rings. The van der Waals surface area contributed by atoms with E-state index in [1.165, 1.54) is 30.6 Å². The maximum absolute atomic E-state index is 12.3. The zero-order chi connectivity index (χ0) is 20.9. The summed E-state index contributed by atoms with van der Waals surface area (Å²) in [5, 5.41) is 2.99. The molecule has 3 rings (SSSR count). The summed E-state index contributed by atoms with van der Waals surface area (Å²) < 4.78 is 41.6. The lowest BCUT2D eigenvalue weighted by atomic mass is 10.2. The first-order valence-electron chi connectivity index (χ1n) is 8.28. The minimum absolute atomic E-state index is 0.220. The van der Waals surface area contributed by atoms with Crippen molar-refractivity contribution in [3.63, 3.8) is 0 Å². The van der Waals surface area contributed by atoms with E-state index in [0.717, 1.165) is 10.0 Å². The Morgan fingerprint density at radius 3 is 2.59 bits per heavy atom. The number of aromatic nitrogens is 2. The van der Waals surface area contributed by atoms with Gasteiger partial charge in [-0.15, -0.1) is 13.2 Å². The van der Waals surface area contributed by atoms with Gasteiger partial charge in [0.1, 0.15) is 23.7 Å². The predicted molar refractivity (Wildman–Crippen MR) is 108 cm³/mol. The molecule has 1 aromatic heterocycles. The molecule has 0 spiro atoms. The molecular formula is C19H15BrF3N5O. The largest absolute Gasteiger partial charge is 0.573 e. The van der Waals surface area contributed by atoms with E-state index >= 15 is 0 Å². The minimum atomic E-state index is -4.74. The van der Waals surface area contributed by atoms with Gasteiger partial charge in [0.25, 0.3) is 0 Å². The number of nitrogens with zero attached hydrogens (tertiary/aromatic N) is 3. The van der Waals surface area contributed by atoms with Crippen molar-refractivity contribution in [1.82, 2.24) is 9.97 Å². The molecule has 29 heavy (non-hydrogen) atoms. The van der Waals surface area contributed by atoms with Crippen LogP contribution in [0.3, 0.4) is 0 Å². The molecule has 0 aliphatic rings. The van der Waals surface area contributed by atoms with Gasteiger partial charge in [-0.05, 0) is 42.0 Å². The van der Waals surface area contributed by atoms with Gasteiger partial charge in [-0.2, -0.15) is 0 Å². The first kappa shape index (κ1) is 20.6. The number of nitrogens with two attached hydrogens (primary N) is 1. The fourth-order valence-electron chi connectivity index (χ4n) is 2.39. The van der Waals surface area contributed by atoms with Crippen molar-refractivity contribution in [2.45, 2.75) is 12.9 Å². The van der Waals surface area contributed by atoms with Gasteiger partial charge in [0, 0.05) is 16.4 Å². The maximum Gasteiger partial charge on any atom is 0.573 e. The molecular weight excluding hydrogens is 451 g/mol. The molecule has 6 nitrogen and oxygen atoms in total. The van der Waals surface area contributed by atoms with Crippen LogP contribution < -0.4 is 15.8 Å². The SMILES string of the molecule is Nc1ncnc(Nc2ccc(OC(F)(F)F)cc2)c1C=NCc1cccc(Br)c1. The molecule has 0 aliphatic heterocycles. The van der Waals surface area contributed by atoms with Crippen molar-refractivity contribution < 1.29 is 17.9 Å². The molecule has 0 radical (unpaired) electrons. The molecule has 1 heterocycles. The van der Waals surface area contributed by atoms with Crippen LogP contribution in [-0.2, 0) is 6.54 Å². The van der Waals surface area contributed by atoms with Crippen LogP contribution >= 0.6 is 15.9 Å². The average molecular weight is 466 g/mol. The highest BCUT2D eigenvalue weighted by Gasteiger charge is 2.30. The molecule has 0 amide bonds. The number of hydrogen-bond acceptors (Lipinski definition) is 6. The van der Waals surface area contributed by atoms with Crippen LogP contribution in [0.15, 0.2) is 64.3 Å². The minimum Gasteiger partial charge on any atom is -0.406 e. The molecule has 3 N–H and O–H groups in total. The second kappa shape index (κ2) is 8.91. The molecule has 150 valence electrons. The number of halogens is 4. The number of rotatable bonds is 6. The summed E-state index contributed by atoms with van der Waals surface area (Å²) in [5.74, 6) is 0.276. The van der Waals surface area contributed by atoms with Crippen LogP contribution in [0, 0.1) is 0 Å². The molecule has 2 aromatic carbocycles. The van der Waals surface area contributed by atoms with Gasteiger partial charge in [0.05, 0.1) is 12.1 Å². The summed E-state index contributed by atoms with van der Waals surface area (Å²) in [6.07, 6.45) is -1.90. The van der Waals surface area contributed by atoms with E-state index in [2.05, 4.69) is 40.9 Å². The first-order valence-corrected chi connectivity index (χ1v) is 9.07. The Bertz CT molecular complexity index is 1010. The standard InChI is InChI=1S/C19H15BrF3N5O/c20-13-3-1-2-12(8-13)9-25-10-16-17(24)26-11-27-18(16)28-14-4-6-15(7-5-14)29-19(21,22)23/h1-8,10-11H,9H2,(H3,24,26,27,28). The number of nitrogens with one attached hydrogen (secondary N) is 1. The summed E-state index contributed by atoms with van der Waals surface area (Å²) in [6.45, 7) is 0.427. The van der Waals surface area contributed by atoms with Crippen molar-refractivity contribution in [3.05, 3.63) is 70.5 Å². The Hall–Kier alpha value is -3.14. The number of ether oxygens (including phenoxy) is 1. The number of benzene rings is 2. The number of aliphatic imine (C=N–C) groups is 1. The second-order valence-corrected chi connectivity index (χ2v) is 6.73. The normalized spacial score (nSPS) is 11.6. The number of hydrogen-bond donors (Lipinski definition) is 2. The van der Waals surface area contributed by atoms with Gasteiger partial charge in [-0.1, -0.05) is 28.1 Å². The molecule has 0 unspecified atom stereocenters. The molecule has 10 heteroatoms. The van der Waals surface area contributed by atoms with Crippen LogP contribution in [-0.4, -0.2) is 22.5 Å². The number of alkyl halides is 3. The maximum atomic E-state index is 12.3. The summed E-state index contributed by atoms with van der Waals surface area (Å²) in [5.41, 5.74) is 7.91. The van der Waals surface area contributed by atoms with Gasteiger partial charge in [-0.3, -0.25) is 4.99 Å².